The first kappa shape index (κ1) is 15.9. The van der Waals surface area contributed by atoms with E-state index in [4.69, 9.17) is 10.8 Å². The first-order valence-corrected chi connectivity index (χ1v) is 7.04. The fourth-order valence-corrected chi connectivity index (χ4v) is 2.81. The van der Waals surface area contributed by atoms with Gasteiger partial charge >= 0.3 is 5.97 Å². The molecule has 0 saturated carbocycles. The second-order valence-corrected chi connectivity index (χ2v) is 5.70. The molecule has 0 fully saturated rings. The van der Waals surface area contributed by atoms with Gasteiger partial charge in [0.1, 0.15) is 4.90 Å². The Balaban J connectivity index is 3.10. The van der Waals surface area contributed by atoms with E-state index in [1.54, 1.807) is 0 Å². The Labute approximate surface area is 116 Å². The van der Waals surface area contributed by atoms with E-state index in [-0.39, 0.29) is 16.1 Å². The second kappa shape index (κ2) is 5.88. The number of anilines is 1. The number of carboxylic acid groups (broad SMARTS) is 1. The quantitative estimate of drug-likeness (QED) is 0.535. The number of nitrogens with two attached hydrogens (primary N) is 1. The number of rotatable bonds is 5. The van der Waals surface area contributed by atoms with E-state index in [1.165, 1.54) is 14.0 Å². The zero-order chi connectivity index (χ0) is 15.5. The van der Waals surface area contributed by atoms with Gasteiger partial charge in [-0.15, -0.1) is 0 Å². The van der Waals surface area contributed by atoms with E-state index in [0.29, 0.717) is 0 Å². The maximum atomic E-state index is 12.0. The average Bonchev–Trinajstić information content (AvgIpc) is 2.36. The molecule has 20 heavy (non-hydrogen) atoms. The number of aromatic carboxylic acids is 1. The summed E-state index contributed by atoms with van der Waals surface area (Å²) < 4.78 is 26.2. The minimum absolute atomic E-state index is 0.124. The molecule has 1 unspecified atom stereocenters. The smallest absolute Gasteiger partial charge is 0.335 e. The van der Waals surface area contributed by atoms with Gasteiger partial charge in [0, 0.05) is 7.05 Å². The standard InChI is InChI=1S/C11H15N3O5S/c1-6(10(15)13-2)14-20(18,19)9-4-3-7(11(16)17)5-8(9)12/h3-6,14H,12H2,1-2H3,(H,13,15)(H,16,17). The Morgan fingerprint density at radius 2 is 1.95 bits per heavy atom. The van der Waals surface area contributed by atoms with Gasteiger partial charge in [-0.25, -0.2) is 13.2 Å². The molecule has 1 rings (SSSR count). The van der Waals surface area contributed by atoms with Crippen molar-refractivity contribution < 1.29 is 23.1 Å². The molecule has 110 valence electrons. The molecule has 1 aromatic rings. The van der Waals surface area contributed by atoms with Crippen molar-refractivity contribution in [2.45, 2.75) is 17.9 Å². The Morgan fingerprint density at radius 1 is 1.35 bits per heavy atom. The third-order valence-electron chi connectivity index (χ3n) is 2.52. The molecule has 0 spiro atoms. The molecule has 0 aliphatic heterocycles. The number of carboxylic acids is 1. The van der Waals surface area contributed by atoms with Crippen LogP contribution in [0.15, 0.2) is 23.1 Å². The van der Waals surface area contributed by atoms with Gasteiger partial charge in [0.15, 0.2) is 0 Å². The fraction of sp³-hybridized carbons (Fsp3) is 0.273. The lowest BCUT2D eigenvalue weighted by Crippen LogP contribution is -2.43. The Bertz CT molecular complexity index is 641. The van der Waals surface area contributed by atoms with E-state index in [1.807, 2.05) is 0 Å². The number of nitrogen functional groups attached to an aromatic ring is 1. The van der Waals surface area contributed by atoms with Crippen molar-refractivity contribution in [3.63, 3.8) is 0 Å². The molecule has 0 aliphatic carbocycles. The lowest BCUT2D eigenvalue weighted by atomic mass is 10.2. The van der Waals surface area contributed by atoms with Crippen LogP contribution in [0.25, 0.3) is 0 Å². The Hall–Kier alpha value is -2.13. The summed E-state index contributed by atoms with van der Waals surface area (Å²) in [5.74, 6) is -1.72. The first-order valence-electron chi connectivity index (χ1n) is 5.55. The van der Waals surface area contributed by atoms with Gasteiger partial charge in [0.25, 0.3) is 0 Å². The van der Waals surface area contributed by atoms with Crippen LogP contribution in [0.3, 0.4) is 0 Å². The number of likely N-dealkylation sites (N-methyl/N-ethyl adjacent to an activating group) is 1. The minimum Gasteiger partial charge on any atom is -0.478 e. The second-order valence-electron chi connectivity index (χ2n) is 4.01. The van der Waals surface area contributed by atoms with Gasteiger partial charge in [-0.1, -0.05) is 0 Å². The van der Waals surface area contributed by atoms with Crippen molar-refractivity contribution in [2.75, 3.05) is 12.8 Å². The van der Waals surface area contributed by atoms with Crippen LogP contribution in [0.1, 0.15) is 17.3 Å². The molecule has 0 heterocycles. The van der Waals surface area contributed by atoms with Gasteiger partial charge in [-0.3, -0.25) is 4.79 Å². The summed E-state index contributed by atoms with van der Waals surface area (Å²) in [7, 11) is -2.64. The molecule has 0 radical (unpaired) electrons. The molecule has 0 bridgehead atoms. The molecule has 0 aliphatic rings. The van der Waals surface area contributed by atoms with Gasteiger partial charge in [-0.2, -0.15) is 4.72 Å². The van der Waals surface area contributed by atoms with Crippen molar-refractivity contribution in [1.29, 1.82) is 0 Å². The van der Waals surface area contributed by atoms with Crippen LogP contribution in [-0.2, 0) is 14.8 Å². The van der Waals surface area contributed by atoms with Crippen LogP contribution in [0.2, 0.25) is 0 Å². The van der Waals surface area contributed by atoms with Gasteiger partial charge < -0.3 is 16.2 Å². The largest absolute Gasteiger partial charge is 0.478 e. The maximum absolute atomic E-state index is 12.0. The highest BCUT2D eigenvalue weighted by Gasteiger charge is 2.23. The molecule has 8 nitrogen and oxygen atoms in total. The first-order chi connectivity index (χ1) is 9.19. The number of hydrogen-bond acceptors (Lipinski definition) is 5. The summed E-state index contributed by atoms with van der Waals surface area (Å²) in [5.41, 5.74) is 5.22. The zero-order valence-corrected chi connectivity index (χ0v) is 11.7. The molecule has 9 heteroatoms. The summed E-state index contributed by atoms with van der Waals surface area (Å²) in [5, 5.41) is 11.1. The number of sulfonamides is 1. The van der Waals surface area contributed by atoms with Crippen LogP contribution >= 0.6 is 0 Å². The Morgan fingerprint density at radius 3 is 2.40 bits per heavy atom. The predicted molar refractivity (Wildman–Crippen MR) is 71.7 cm³/mol. The van der Waals surface area contributed by atoms with Crippen LogP contribution in [0, 0.1) is 0 Å². The zero-order valence-electron chi connectivity index (χ0n) is 10.9. The molecule has 1 atom stereocenters. The van der Waals surface area contributed by atoms with E-state index >= 15 is 0 Å². The SMILES string of the molecule is CNC(=O)C(C)NS(=O)(=O)c1ccc(C(=O)O)cc1N. The van der Waals surface area contributed by atoms with Crippen LogP contribution in [0.5, 0.6) is 0 Å². The lowest BCUT2D eigenvalue weighted by molar-refractivity contribution is -0.121. The minimum atomic E-state index is -4.02. The van der Waals surface area contributed by atoms with Crippen molar-refractivity contribution in [2.24, 2.45) is 0 Å². The average molecular weight is 301 g/mol. The molecule has 5 N–H and O–H groups in total. The van der Waals surface area contributed by atoms with Crippen molar-refractivity contribution in [3.05, 3.63) is 23.8 Å². The van der Waals surface area contributed by atoms with Crippen molar-refractivity contribution in [3.8, 4) is 0 Å². The third-order valence-corrected chi connectivity index (χ3v) is 4.13. The van der Waals surface area contributed by atoms with Gasteiger partial charge in [0.05, 0.1) is 17.3 Å². The van der Waals surface area contributed by atoms with E-state index < -0.39 is 27.9 Å². The maximum Gasteiger partial charge on any atom is 0.335 e. The van der Waals surface area contributed by atoms with E-state index in [9.17, 15) is 18.0 Å². The summed E-state index contributed by atoms with van der Waals surface area (Å²) in [4.78, 5) is 21.8. The number of hydrogen-bond donors (Lipinski definition) is 4. The highest BCUT2D eigenvalue weighted by molar-refractivity contribution is 7.89. The lowest BCUT2D eigenvalue weighted by Gasteiger charge is -2.14. The molecule has 1 aromatic carbocycles. The number of carbonyl (C=O) groups excluding carboxylic acids is 1. The molecule has 1 amide bonds. The highest BCUT2D eigenvalue weighted by atomic mass is 32.2. The number of benzene rings is 1. The van der Waals surface area contributed by atoms with E-state index in [0.717, 1.165) is 18.2 Å². The van der Waals surface area contributed by atoms with Crippen molar-refractivity contribution in [1.82, 2.24) is 10.0 Å². The molecule has 0 aromatic heterocycles. The summed E-state index contributed by atoms with van der Waals surface area (Å²) in [6, 6.07) is 2.26. The van der Waals surface area contributed by atoms with Crippen LogP contribution in [0.4, 0.5) is 5.69 Å². The topological polar surface area (TPSA) is 139 Å². The summed E-state index contributed by atoms with van der Waals surface area (Å²) in [6.45, 7) is 1.37. The fourth-order valence-electron chi connectivity index (χ4n) is 1.49. The Kier molecular flexibility index (Phi) is 4.69. The molecular formula is C11H15N3O5S. The van der Waals surface area contributed by atoms with Crippen molar-refractivity contribution >= 4 is 27.6 Å². The third kappa shape index (κ3) is 3.45. The van der Waals surface area contributed by atoms with Gasteiger partial charge in [-0.05, 0) is 25.1 Å². The van der Waals surface area contributed by atoms with Crippen LogP contribution in [-0.4, -0.2) is 38.5 Å². The summed E-state index contributed by atoms with van der Waals surface area (Å²) >= 11 is 0. The van der Waals surface area contributed by atoms with E-state index in [2.05, 4.69) is 10.0 Å². The molecule has 0 saturated heterocycles. The summed E-state index contributed by atoms with van der Waals surface area (Å²) in [6.07, 6.45) is 0. The normalized spacial score (nSPS) is 12.7. The number of nitrogens with one attached hydrogen (secondary N) is 2. The number of amides is 1. The van der Waals surface area contributed by atoms with Crippen LogP contribution < -0.4 is 15.8 Å². The highest BCUT2D eigenvalue weighted by Crippen LogP contribution is 2.20. The molecular weight excluding hydrogens is 286 g/mol. The van der Waals surface area contributed by atoms with Gasteiger partial charge in [0.2, 0.25) is 15.9 Å². The number of carbonyl (C=O) groups is 2. The monoisotopic (exact) mass is 301 g/mol. The predicted octanol–water partition coefficient (Wildman–Crippen LogP) is -0.620.